The molecule has 30 heavy (non-hydrogen) atoms. The molecule has 1 aromatic carbocycles. The summed E-state index contributed by atoms with van der Waals surface area (Å²) in [7, 11) is 0. The third-order valence-electron chi connectivity index (χ3n) is 5.61. The molecule has 0 spiro atoms. The average molecular weight is 410 g/mol. The van der Waals surface area contributed by atoms with Gasteiger partial charge in [-0.3, -0.25) is 4.79 Å². The van der Waals surface area contributed by atoms with Gasteiger partial charge in [0.25, 0.3) is 0 Å². The molecular formula is C21H23FN6O2. The molecule has 0 bridgehead atoms. The van der Waals surface area contributed by atoms with Crippen molar-refractivity contribution in [2.45, 2.75) is 39.2 Å². The summed E-state index contributed by atoms with van der Waals surface area (Å²) in [4.78, 5) is 19.0. The van der Waals surface area contributed by atoms with Crippen LogP contribution in [0, 0.1) is 11.7 Å². The van der Waals surface area contributed by atoms with E-state index >= 15 is 0 Å². The molecule has 3 heterocycles. The average Bonchev–Trinajstić information content (AvgIpc) is 3.28. The number of benzene rings is 1. The minimum absolute atomic E-state index is 0.0997. The first-order chi connectivity index (χ1) is 14.7. The molecule has 0 unspecified atom stereocenters. The molecule has 5 rings (SSSR count). The fraction of sp³-hybridized carbons (Fsp3) is 0.429. The first-order valence-corrected chi connectivity index (χ1v) is 10.3. The number of nitrogens with zero attached hydrogens (tertiary/aromatic N) is 5. The second-order valence-electron chi connectivity index (χ2n) is 7.71. The number of carbonyl (C=O) groups excluding carboxylic acids is 1. The smallest absolute Gasteiger partial charge is 0.230 e. The highest BCUT2D eigenvalue weighted by molar-refractivity contribution is 5.99. The van der Waals surface area contributed by atoms with Crippen LogP contribution in [0.1, 0.15) is 37.3 Å². The summed E-state index contributed by atoms with van der Waals surface area (Å²) in [5.41, 5.74) is 2.67. The van der Waals surface area contributed by atoms with Crippen molar-refractivity contribution in [1.82, 2.24) is 19.6 Å². The molecule has 0 saturated heterocycles. The molecule has 1 aliphatic carbocycles. The summed E-state index contributed by atoms with van der Waals surface area (Å²) in [6.45, 7) is 3.47. The predicted molar refractivity (Wildman–Crippen MR) is 109 cm³/mol. The molecule has 1 fully saturated rings. The zero-order chi connectivity index (χ0) is 20.7. The van der Waals surface area contributed by atoms with E-state index in [0.717, 1.165) is 30.6 Å². The molecule has 1 aliphatic heterocycles. The second-order valence-corrected chi connectivity index (χ2v) is 7.71. The van der Waals surface area contributed by atoms with Crippen molar-refractivity contribution in [3.63, 3.8) is 0 Å². The number of hydrogen-bond donors (Lipinski definition) is 1. The van der Waals surface area contributed by atoms with Crippen LogP contribution in [0.4, 0.5) is 16.0 Å². The maximum Gasteiger partial charge on any atom is 0.230 e. The Morgan fingerprint density at radius 1 is 1.40 bits per heavy atom. The van der Waals surface area contributed by atoms with Crippen LogP contribution in [-0.2, 0) is 17.8 Å². The molecule has 3 aromatic rings. The molecule has 2 aliphatic rings. The third kappa shape index (κ3) is 3.24. The summed E-state index contributed by atoms with van der Waals surface area (Å²) in [6, 6.07) is 3.10. The highest BCUT2D eigenvalue weighted by Gasteiger charge is 2.35. The first kappa shape index (κ1) is 18.8. The largest absolute Gasteiger partial charge is 0.493 e. The van der Waals surface area contributed by atoms with Gasteiger partial charge in [0.1, 0.15) is 23.6 Å². The molecule has 1 amide bonds. The second kappa shape index (κ2) is 7.55. The Balaban J connectivity index is 1.45. The SMILES string of the molecule is CCCN(C(=O)C1CC1)c1cnc(NCc2c(F)ccc3c2CCO3)n2cnnc12. The van der Waals surface area contributed by atoms with Crippen molar-refractivity contribution in [2.75, 3.05) is 23.4 Å². The monoisotopic (exact) mass is 410 g/mol. The number of hydrogen-bond acceptors (Lipinski definition) is 6. The van der Waals surface area contributed by atoms with Gasteiger partial charge in [-0.15, -0.1) is 10.2 Å². The van der Waals surface area contributed by atoms with E-state index in [1.54, 1.807) is 27.9 Å². The minimum atomic E-state index is -0.271. The highest BCUT2D eigenvalue weighted by atomic mass is 19.1. The number of carbonyl (C=O) groups is 1. The summed E-state index contributed by atoms with van der Waals surface area (Å²) in [6.07, 6.45) is 6.59. The predicted octanol–water partition coefficient (Wildman–Crippen LogP) is 2.96. The van der Waals surface area contributed by atoms with E-state index in [1.807, 2.05) is 6.92 Å². The maximum absolute atomic E-state index is 14.4. The Hall–Kier alpha value is -3.23. The van der Waals surface area contributed by atoms with Gasteiger partial charge in [-0.05, 0) is 31.4 Å². The number of anilines is 2. The number of amides is 1. The Morgan fingerprint density at radius 2 is 2.27 bits per heavy atom. The van der Waals surface area contributed by atoms with Gasteiger partial charge < -0.3 is 15.0 Å². The lowest BCUT2D eigenvalue weighted by molar-refractivity contribution is -0.119. The van der Waals surface area contributed by atoms with Crippen molar-refractivity contribution >= 4 is 23.2 Å². The van der Waals surface area contributed by atoms with Crippen LogP contribution in [0.3, 0.4) is 0 Å². The van der Waals surface area contributed by atoms with Crippen LogP contribution in [0.25, 0.3) is 5.65 Å². The number of aromatic nitrogens is 4. The van der Waals surface area contributed by atoms with Gasteiger partial charge in [0.05, 0.1) is 12.8 Å². The number of rotatable bonds is 7. The molecule has 0 atom stereocenters. The fourth-order valence-electron chi connectivity index (χ4n) is 3.93. The Labute approximate surface area is 173 Å². The summed E-state index contributed by atoms with van der Waals surface area (Å²) < 4.78 is 21.7. The third-order valence-corrected chi connectivity index (χ3v) is 5.61. The summed E-state index contributed by atoms with van der Waals surface area (Å²) >= 11 is 0. The number of fused-ring (bicyclic) bond motifs is 2. The molecule has 0 radical (unpaired) electrons. The molecular weight excluding hydrogens is 387 g/mol. The van der Waals surface area contributed by atoms with Gasteiger partial charge in [-0.1, -0.05) is 6.92 Å². The molecule has 1 saturated carbocycles. The lowest BCUT2D eigenvalue weighted by atomic mass is 10.0. The topological polar surface area (TPSA) is 84.7 Å². The van der Waals surface area contributed by atoms with E-state index in [2.05, 4.69) is 20.5 Å². The van der Waals surface area contributed by atoms with Gasteiger partial charge in [-0.25, -0.2) is 13.8 Å². The number of nitrogens with one attached hydrogen (secondary N) is 1. The Bertz CT molecular complexity index is 1110. The maximum atomic E-state index is 14.4. The van der Waals surface area contributed by atoms with Crippen LogP contribution in [0.2, 0.25) is 0 Å². The van der Waals surface area contributed by atoms with E-state index in [4.69, 9.17) is 4.74 Å². The van der Waals surface area contributed by atoms with Crippen molar-refractivity contribution in [1.29, 1.82) is 0 Å². The minimum Gasteiger partial charge on any atom is -0.493 e. The molecule has 2 aromatic heterocycles. The first-order valence-electron chi connectivity index (χ1n) is 10.3. The molecule has 8 nitrogen and oxygen atoms in total. The summed E-state index contributed by atoms with van der Waals surface area (Å²) in [5.74, 6) is 1.17. The van der Waals surface area contributed by atoms with E-state index in [-0.39, 0.29) is 24.2 Å². The van der Waals surface area contributed by atoms with Gasteiger partial charge in [0.15, 0.2) is 5.65 Å². The van der Waals surface area contributed by atoms with Gasteiger partial charge in [0, 0.05) is 36.6 Å². The lowest BCUT2D eigenvalue weighted by Gasteiger charge is -2.22. The van der Waals surface area contributed by atoms with Crippen molar-refractivity contribution in [3.8, 4) is 5.75 Å². The summed E-state index contributed by atoms with van der Waals surface area (Å²) in [5, 5.41) is 11.4. The van der Waals surface area contributed by atoms with Crippen molar-refractivity contribution < 1.29 is 13.9 Å². The van der Waals surface area contributed by atoms with E-state index in [0.29, 0.717) is 42.4 Å². The van der Waals surface area contributed by atoms with Crippen LogP contribution >= 0.6 is 0 Å². The quantitative estimate of drug-likeness (QED) is 0.645. The van der Waals surface area contributed by atoms with Crippen molar-refractivity contribution in [2.24, 2.45) is 5.92 Å². The molecule has 9 heteroatoms. The van der Waals surface area contributed by atoms with E-state index in [9.17, 15) is 9.18 Å². The lowest BCUT2D eigenvalue weighted by Crippen LogP contribution is -2.33. The Kier molecular flexibility index (Phi) is 4.72. The van der Waals surface area contributed by atoms with Gasteiger partial charge in [0.2, 0.25) is 11.9 Å². The van der Waals surface area contributed by atoms with Crippen LogP contribution in [0.5, 0.6) is 5.75 Å². The molecule has 156 valence electrons. The highest BCUT2D eigenvalue weighted by Crippen LogP contribution is 2.34. The zero-order valence-corrected chi connectivity index (χ0v) is 16.8. The molecule has 1 N–H and O–H groups in total. The fourth-order valence-corrected chi connectivity index (χ4v) is 3.93. The standard InChI is InChI=1S/C21H23FN6O2/c1-2-8-27(20(29)13-3-4-13)17-11-24-21(28-12-25-26-19(17)28)23-10-15-14-7-9-30-18(14)6-5-16(15)22/h5-6,11-13H,2-4,7-10H2,1H3,(H,23,24). The van der Waals surface area contributed by atoms with Gasteiger partial charge in [-0.2, -0.15) is 0 Å². The van der Waals surface area contributed by atoms with Crippen LogP contribution in [0.15, 0.2) is 24.7 Å². The van der Waals surface area contributed by atoms with E-state index < -0.39 is 0 Å². The number of halogens is 1. The van der Waals surface area contributed by atoms with Gasteiger partial charge >= 0.3 is 0 Å². The number of ether oxygens (including phenoxy) is 1. The van der Waals surface area contributed by atoms with Crippen LogP contribution < -0.4 is 15.0 Å². The zero-order valence-electron chi connectivity index (χ0n) is 16.8. The van der Waals surface area contributed by atoms with Crippen molar-refractivity contribution in [3.05, 3.63) is 41.6 Å². The normalized spacial score (nSPS) is 15.1. The van der Waals surface area contributed by atoms with E-state index in [1.165, 1.54) is 6.07 Å². The van der Waals surface area contributed by atoms with Crippen LogP contribution in [-0.4, -0.2) is 38.6 Å². The Morgan fingerprint density at radius 3 is 3.07 bits per heavy atom.